The van der Waals surface area contributed by atoms with E-state index in [2.05, 4.69) is 26.1 Å². The van der Waals surface area contributed by atoms with Crippen LogP contribution in [0.3, 0.4) is 0 Å². The summed E-state index contributed by atoms with van der Waals surface area (Å²) < 4.78 is 5.15. The van der Waals surface area contributed by atoms with Crippen LogP contribution in [0.4, 0.5) is 0 Å². The van der Waals surface area contributed by atoms with Gasteiger partial charge < -0.3 is 10.1 Å². The fraction of sp³-hybridized carbons (Fsp3) is 1.00. The maximum absolute atomic E-state index is 5.15. The standard InChI is InChI=1S/C14H29NO/c1-12(10-13-6-5-7-13)15-11-14(2,3)8-9-16-4/h12-13,15H,5-11H2,1-4H3. The third kappa shape index (κ3) is 5.31. The van der Waals surface area contributed by atoms with Crippen LogP contribution in [0, 0.1) is 11.3 Å². The first kappa shape index (κ1) is 14.0. The minimum absolute atomic E-state index is 0.351. The highest BCUT2D eigenvalue weighted by atomic mass is 16.5. The van der Waals surface area contributed by atoms with E-state index in [9.17, 15) is 0 Å². The van der Waals surface area contributed by atoms with Crippen LogP contribution >= 0.6 is 0 Å². The van der Waals surface area contributed by atoms with Crippen LogP contribution in [0.1, 0.15) is 52.9 Å². The van der Waals surface area contributed by atoms with Gasteiger partial charge in [0.05, 0.1) is 0 Å². The molecule has 1 fully saturated rings. The lowest BCUT2D eigenvalue weighted by Crippen LogP contribution is -2.37. The van der Waals surface area contributed by atoms with Crippen LogP contribution in [0.2, 0.25) is 0 Å². The molecule has 0 saturated heterocycles. The van der Waals surface area contributed by atoms with E-state index in [1.54, 1.807) is 7.11 Å². The first-order valence-corrected chi connectivity index (χ1v) is 6.76. The van der Waals surface area contributed by atoms with Gasteiger partial charge in [-0.25, -0.2) is 0 Å². The second kappa shape index (κ2) is 6.61. The molecule has 0 aromatic heterocycles. The molecule has 0 heterocycles. The van der Waals surface area contributed by atoms with Gasteiger partial charge >= 0.3 is 0 Å². The molecule has 1 atom stereocenters. The Morgan fingerprint density at radius 2 is 2.06 bits per heavy atom. The summed E-state index contributed by atoms with van der Waals surface area (Å²) >= 11 is 0. The smallest absolute Gasteiger partial charge is 0.0467 e. The van der Waals surface area contributed by atoms with E-state index in [0.29, 0.717) is 11.5 Å². The van der Waals surface area contributed by atoms with Crippen LogP contribution in [-0.4, -0.2) is 26.3 Å². The van der Waals surface area contributed by atoms with Gasteiger partial charge in [0.25, 0.3) is 0 Å². The van der Waals surface area contributed by atoms with Crippen molar-refractivity contribution in [3.05, 3.63) is 0 Å². The lowest BCUT2D eigenvalue weighted by molar-refractivity contribution is 0.147. The third-order valence-corrected chi connectivity index (χ3v) is 3.82. The summed E-state index contributed by atoms with van der Waals surface area (Å²) in [6.45, 7) is 8.92. The minimum atomic E-state index is 0.351. The van der Waals surface area contributed by atoms with Gasteiger partial charge in [0.15, 0.2) is 0 Å². The predicted octanol–water partition coefficient (Wildman–Crippen LogP) is 3.22. The number of hydrogen-bond acceptors (Lipinski definition) is 2. The van der Waals surface area contributed by atoms with Crippen LogP contribution in [-0.2, 0) is 4.74 Å². The molecule has 1 aliphatic carbocycles. The van der Waals surface area contributed by atoms with E-state index in [-0.39, 0.29) is 0 Å². The SMILES string of the molecule is COCCC(C)(C)CNC(C)CC1CCC1. The average molecular weight is 227 g/mol. The van der Waals surface area contributed by atoms with Gasteiger partial charge in [0.2, 0.25) is 0 Å². The Balaban J connectivity index is 2.10. The van der Waals surface area contributed by atoms with Gasteiger partial charge in [0.1, 0.15) is 0 Å². The maximum Gasteiger partial charge on any atom is 0.0467 e. The van der Waals surface area contributed by atoms with Crippen molar-refractivity contribution in [1.82, 2.24) is 5.32 Å². The zero-order valence-electron chi connectivity index (χ0n) is 11.5. The van der Waals surface area contributed by atoms with Gasteiger partial charge in [-0.2, -0.15) is 0 Å². The molecular formula is C14H29NO. The quantitative estimate of drug-likeness (QED) is 0.687. The van der Waals surface area contributed by atoms with Crippen molar-refractivity contribution >= 4 is 0 Å². The summed E-state index contributed by atoms with van der Waals surface area (Å²) in [7, 11) is 1.78. The Morgan fingerprint density at radius 3 is 2.56 bits per heavy atom. The Hall–Kier alpha value is -0.0800. The Bertz CT molecular complexity index is 187. The van der Waals surface area contributed by atoms with Crippen LogP contribution in [0.5, 0.6) is 0 Å². The fourth-order valence-electron chi connectivity index (χ4n) is 2.23. The molecule has 0 bridgehead atoms. The average Bonchev–Trinajstić information content (AvgIpc) is 2.18. The molecule has 16 heavy (non-hydrogen) atoms. The third-order valence-electron chi connectivity index (χ3n) is 3.82. The number of ether oxygens (including phenoxy) is 1. The van der Waals surface area contributed by atoms with Crippen molar-refractivity contribution in [1.29, 1.82) is 0 Å². The molecule has 0 aliphatic heterocycles. The van der Waals surface area contributed by atoms with Gasteiger partial charge in [-0.05, 0) is 31.1 Å². The summed E-state index contributed by atoms with van der Waals surface area (Å²) in [5, 5.41) is 3.68. The lowest BCUT2D eigenvalue weighted by atomic mass is 9.81. The molecule has 2 nitrogen and oxygen atoms in total. The molecule has 0 amide bonds. The van der Waals surface area contributed by atoms with Crippen LogP contribution < -0.4 is 5.32 Å². The minimum Gasteiger partial charge on any atom is -0.385 e. The number of rotatable bonds is 8. The molecule has 0 radical (unpaired) electrons. The van der Waals surface area contributed by atoms with Gasteiger partial charge in [-0.3, -0.25) is 0 Å². The molecule has 0 aromatic carbocycles. The van der Waals surface area contributed by atoms with Crippen LogP contribution in [0.25, 0.3) is 0 Å². The van der Waals surface area contributed by atoms with Crippen LogP contribution in [0.15, 0.2) is 0 Å². The Morgan fingerprint density at radius 1 is 1.38 bits per heavy atom. The fourth-order valence-corrected chi connectivity index (χ4v) is 2.23. The van der Waals surface area contributed by atoms with Gasteiger partial charge in [0, 0.05) is 26.3 Å². The van der Waals surface area contributed by atoms with E-state index < -0.39 is 0 Å². The van der Waals surface area contributed by atoms with E-state index >= 15 is 0 Å². The zero-order valence-corrected chi connectivity index (χ0v) is 11.5. The topological polar surface area (TPSA) is 21.3 Å². The monoisotopic (exact) mass is 227 g/mol. The maximum atomic E-state index is 5.15. The van der Waals surface area contributed by atoms with Crippen molar-refractivity contribution in [2.24, 2.45) is 11.3 Å². The molecule has 96 valence electrons. The van der Waals surface area contributed by atoms with Crippen molar-refractivity contribution in [2.75, 3.05) is 20.3 Å². The van der Waals surface area contributed by atoms with Gasteiger partial charge in [-0.1, -0.05) is 33.1 Å². The van der Waals surface area contributed by atoms with E-state index in [0.717, 1.165) is 25.5 Å². The second-order valence-corrected chi connectivity index (χ2v) is 6.22. The Kier molecular flexibility index (Phi) is 5.77. The molecule has 1 rings (SSSR count). The highest BCUT2D eigenvalue weighted by Crippen LogP contribution is 2.30. The summed E-state index contributed by atoms with van der Waals surface area (Å²) in [6.07, 6.45) is 6.86. The molecule has 1 N–H and O–H groups in total. The molecule has 2 heteroatoms. The number of nitrogens with one attached hydrogen (secondary N) is 1. The van der Waals surface area contributed by atoms with Crippen molar-refractivity contribution in [3.8, 4) is 0 Å². The van der Waals surface area contributed by atoms with E-state index in [1.807, 2.05) is 0 Å². The lowest BCUT2D eigenvalue weighted by Gasteiger charge is -2.31. The predicted molar refractivity (Wildman–Crippen MR) is 69.7 cm³/mol. The second-order valence-electron chi connectivity index (χ2n) is 6.22. The molecule has 1 saturated carbocycles. The zero-order chi connectivity index (χ0) is 12.0. The normalized spacial score (nSPS) is 19.5. The van der Waals surface area contributed by atoms with Crippen molar-refractivity contribution in [2.45, 2.75) is 58.9 Å². The van der Waals surface area contributed by atoms with Crippen molar-refractivity contribution < 1.29 is 4.74 Å². The highest BCUT2D eigenvalue weighted by Gasteiger charge is 2.22. The molecule has 1 unspecified atom stereocenters. The summed E-state index contributed by atoms with van der Waals surface area (Å²) in [6, 6.07) is 0.673. The van der Waals surface area contributed by atoms with E-state index in [1.165, 1.54) is 25.7 Å². The highest BCUT2D eigenvalue weighted by molar-refractivity contribution is 4.78. The Labute approximate surface area is 101 Å². The van der Waals surface area contributed by atoms with Gasteiger partial charge in [-0.15, -0.1) is 0 Å². The first-order chi connectivity index (χ1) is 7.53. The number of methoxy groups -OCH3 is 1. The largest absolute Gasteiger partial charge is 0.385 e. The summed E-state index contributed by atoms with van der Waals surface area (Å²) in [5.41, 5.74) is 0.351. The molecule has 1 aliphatic rings. The van der Waals surface area contributed by atoms with E-state index in [4.69, 9.17) is 4.74 Å². The molecular weight excluding hydrogens is 198 g/mol. The summed E-state index contributed by atoms with van der Waals surface area (Å²) in [4.78, 5) is 0. The van der Waals surface area contributed by atoms with Crippen molar-refractivity contribution in [3.63, 3.8) is 0 Å². The molecule has 0 aromatic rings. The summed E-state index contributed by atoms with van der Waals surface area (Å²) in [5.74, 6) is 1.00. The number of hydrogen-bond donors (Lipinski definition) is 1. The first-order valence-electron chi connectivity index (χ1n) is 6.76. The molecule has 0 spiro atoms.